The molecular formula is C12H16N2. The number of rotatable bonds is 2. The van der Waals surface area contributed by atoms with E-state index in [-0.39, 0.29) is 6.04 Å². The van der Waals surface area contributed by atoms with E-state index in [0.717, 1.165) is 5.69 Å². The molecule has 0 spiro atoms. The summed E-state index contributed by atoms with van der Waals surface area (Å²) >= 11 is 0. The molecule has 2 aromatic rings. The van der Waals surface area contributed by atoms with Gasteiger partial charge in [-0.2, -0.15) is 0 Å². The number of hydrogen-bond acceptors (Lipinski definition) is 1. The van der Waals surface area contributed by atoms with Crippen LogP contribution >= 0.6 is 0 Å². The second-order valence-electron chi connectivity index (χ2n) is 4.08. The molecule has 1 atom stereocenters. The topological polar surface area (TPSA) is 41.8 Å². The lowest BCUT2D eigenvalue weighted by Gasteiger charge is -2.13. The maximum absolute atomic E-state index is 6.07. The highest BCUT2D eigenvalue weighted by Crippen LogP contribution is 2.22. The Hall–Kier alpha value is -1.28. The molecule has 14 heavy (non-hydrogen) atoms. The van der Waals surface area contributed by atoms with E-state index in [1.54, 1.807) is 0 Å². The molecule has 0 saturated carbocycles. The number of hydrogen-bond donors (Lipinski definition) is 2. The summed E-state index contributed by atoms with van der Waals surface area (Å²) in [5, 5.41) is 1.23. The number of fused-ring (bicyclic) bond motifs is 1. The van der Waals surface area contributed by atoms with E-state index in [4.69, 9.17) is 5.73 Å². The highest BCUT2D eigenvalue weighted by Gasteiger charge is 2.12. The highest BCUT2D eigenvalue weighted by molar-refractivity contribution is 5.80. The van der Waals surface area contributed by atoms with Crippen LogP contribution in [-0.2, 0) is 0 Å². The third-order valence-electron chi connectivity index (χ3n) is 2.63. The van der Waals surface area contributed by atoms with Gasteiger partial charge in [0, 0.05) is 17.3 Å². The number of aromatic amines is 1. The maximum Gasteiger partial charge on any atom is 0.0471 e. The van der Waals surface area contributed by atoms with Gasteiger partial charge in [0.05, 0.1) is 0 Å². The fourth-order valence-corrected chi connectivity index (χ4v) is 1.63. The van der Waals surface area contributed by atoms with Gasteiger partial charge >= 0.3 is 0 Å². The monoisotopic (exact) mass is 188 g/mol. The zero-order valence-electron chi connectivity index (χ0n) is 8.62. The first kappa shape index (κ1) is 9.28. The Bertz CT molecular complexity index is 396. The van der Waals surface area contributed by atoms with Crippen LogP contribution in [0.2, 0.25) is 0 Å². The molecule has 2 nitrogen and oxygen atoms in total. The summed E-state index contributed by atoms with van der Waals surface area (Å²) < 4.78 is 0. The van der Waals surface area contributed by atoms with Crippen molar-refractivity contribution < 1.29 is 0 Å². The van der Waals surface area contributed by atoms with Crippen molar-refractivity contribution in [3.63, 3.8) is 0 Å². The Morgan fingerprint density at radius 2 is 1.93 bits per heavy atom. The zero-order chi connectivity index (χ0) is 10.1. The van der Waals surface area contributed by atoms with Crippen LogP contribution in [0.4, 0.5) is 0 Å². The average Bonchev–Trinajstić information content (AvgIpc) is 2.59. The Morgan fingerprint density at radius 1 is 1.21 bits per heavy atom. The zero-order valence-corrected chi connectivity index (χ0v) is 8.62. The van der Waals surface area contributed by atoms with Gasteiger partial charge in [0.2, 0.25) is 0 Å². The van der Waals surface area contributed by atoms with E-state index < -0.39 is 0 Å². The quantitative estimate of drug-likeness (QED) is 0.747. The number of para-hydroxylation sites is 1. The van der Waals surface area contributed by atoms with Crippen molar-refractivity contribution in [1.29, 1.82) is 0 Å². The maximum atomic E-state index is 6.07. The summed E-state index contributed by atoms with van der Waals surface area (Å²) in [5.74, 6) is 0.461. The number of H-pyrrole nitrogens is 1. The molecule has 3 N–H and O–H groups in total. The largest absolute Gasteiger partial charge is 0.357 e. The molecule has 0 aliphatic carbocycles. The van der Waals surface area contributed by atoms with Crippen molar-refractivity contribution in [2.45, 2.75) is 19.9 Å². The van der Waals surface area contributed by atoms with Gasteiger partial charge in [-0.15, -0.1) is 0 Å². The third kappa shape index (κ3) is 1.53. The van der Waals surface area contributed by atoms with E-state index in [9.17, 15) is 0 Å². The fraction of sp³-hybridized carbons (Fsp3) is 0.333. The van der Waals surface area contributed by atoms with E-state index in [1.807, 2.05) is 12.1 Å². The Labute approximate surface area is 84.1 Å². The first-order valence-corrected chi connectivity index (χ1v) is 5.01. The average molecular weight is 188 g/mol. The molecule has 0 aliphatic heterocycles. The normalized spacial score (nSPS) is 13.7. The van der Waals surface area contributed by atoms with Crippen molar-refractivity contribution in [2.75, 3.05) is 0 Å². The predicted octanol–water partition coefficient (Wildman–Crippen LogP) is 2.82. The first-order valence-electron chi connectivity index (χ1n) is 5.01. The minimum absolute atomic E-state index is 0.0994. The smallest absolute Gasteiger partial charge is 0.0471 e. The van der Waals surface area contributed by atoms with Gasteiger partial charge in [-0.25, -0.2) is 0 Å². The number of nitrogens with one attached hydrogen (secondary N) is 1. The summed E-state index contributed by atoms with van der Waals surface area (Å²) in [5.41, 5.74) is 8.36. The molecule has 1 aromatic carbocycles. The summed E-state index contributed by atoms with van der Waals surface area (Å²) in [6.45, 7) is 4.27. The Morgan fingerprint density at radius 3 is 2.57 bits per heavy atom. The first-order chi connectivity index (χ1) is 6.68. The van der Waals surface area contributed by atoms with Crippen LogP contribution in [0.1, 0.15) is 25.6 Å². The number of nitrogens with two attached hydrogens (primary N) is 1. The van der Waals surface area contributed by atoms with E-state index in [0.29, 0.717) is 5.92 Å². The van der Waals surface area contributed by atoms with Crippen molar-refractivity contribution in [3.05, 3.63) is 36.0 Å². The van der Waals surface area contributed by atoms with Crippen molar-refractivity contribution in [2.24, 2.45) is 11.7 Å². The van der Waals surface area contributed by atoms with Crippen LogP contribution < -0.4 is 5.73 Å². The second kappa shape index (κ2) is 3.46. The number of aromatic nitrogens is 1. The van der Waals surface area contributed by atoms with Crippen LogP contribution in [0.3, 0.4) is 0 Å². The summed E-state index contributed by atoms with van der Waals surface area (Å²) in [7, 11) is 0. The molecule has 74 valence electrons. The molecule has 0 bridgehead atoms. The predicted molar refractivity (Wildman–Crippen MR) is 60.1 cm³/mol. The lowest BCUT2D eigenvalue weighted by molar-refractivity contribution is 0.506. The molecule has 2 rings (SSSR count). The van der Waals surface area contributed by atoms with Gasteiger partial charge in [0.25, 0.3) is 0 Å². The van der Waals surface area contributed by atoms with Crippen LogP contribution in [-0.4, -0.2) is 4.98 Å². The van der Waals surface area contributed by atoms with Crippen LogP contribution in [0.5, 0.6) is 0 Å². The minimum Gasteiger partial charge on any atom is -0.357 e. The molecule has 1 heterocycles. The Balaban J connectivity index is 2.45. The second-order valence-corrected chi connectivity index (χ2v) is 4.08. The van der Waals surface area contributed by atoms with Gasteiger partial charge in [0.1, 0.15) is 0 Å². The third-order valence-corrected chi connectivity index (χ3v) is 2.63. The molecule has 0 saturated heterocycles. The minimum atomic E-state index is 0.0994. The molecule has 0 radical (unpaired) electrons. The van der Waals surface area contributed by atoms with Gasteiger partial charge < -0.3 is 10.7 Å². The van der Waals surface area contributed by atoms with Gasteiger partial charge in [-0.1, -0.05) is 32.0 Å². The van der Waals surface area contributed by atoms with Crippen LogP contribution in [0.15, 0.2) is 30.3 Å². The van der Waals surface area contributed by atoms with Crippen molar-refractivity contribution >= 4 is 10.9 Å². The molecule has 1 aromatic heterocycles. The Kier molecular flexibility index (Phi) is 2.30. The van der Waals surface area contributed by atoms with Gasteiger partial charge in [-0.05, 0) is 23.4 Å². The SMILES string of the molecule is CC(C)[C@H](N)c1cc2ccccc2[nH]1. The lowest BCUT2D eigenvalue weighted by atomic mass is 10.0. The molecule has 0 fully saturated rings. The van der Waals surface area contributed by atoms with E-state index >= 15 is 0 Å². The summed E-state index contributed by atoms with van der Waals surface area (Å²) in [4.78, 5) is 3.35. The van der Waals surface area contributed by atoms with Gasteiger partial charge in [0.15, 0.2) is 0 Å². The van der Waals surface area contributed by atoms with Crippen molar-refractivity contribution in [3.8, 4) is 0 Å². The van der Waals surface area contributed by atoms with Crippen LogP contribution in [0, 0.1) is 5.92 Å². The van der Waals surface area contributed by atoms with E-state index in [2.05, 4.69) is 37.0 Å². The molecule has 2 heteroatoms. The van der Waals surface area contributed by atoms with Gasteiger partial charge in [-0.3, -0.25) is 0 Å². The van der Waals surface area contributed by atoms with E-state index in [1.165, 1.54) is 10.9 Å². The molecule has 0 aliphatic rings. The highest BCUT2D eigenvalue weighted by atomic mass is 14.8. The molecule has 0 unspecified atom stereocenters. The molecular weight excluding hydrogens is 172 g/mol. The summed E-state index contributed by atoms with van der Waals surface area (Å²) in [6, 6.07) is 10.5. The standard InChI is InChI=1S/C12H16N2/c1-8(2)12(13)11-7-9-5-3-4-6-10(9)14-11/h3-8,12,14H,13H2,1-2H3/t12-/m0/s1. The fourth-order valence-electron chi connectivity index (χ4n) is 1.63. The van der Waals surface area contributed by atoms with Crippen molar-refractivity contribution in [1.82, 2.24) is 4.98 Å². The number of benzene rings is 1. The lowest BCUT2D eigenvalue weighted by Crippen LogP contribution is -2.16. The molecule has 0 amide bonds. The summed E-state index contributed by atoms with van der Waals surface area (Å²) in [6.07, 6.45) is 0. The van der Waals surface area contributed by atoms with Crippen LogP contribution in [0.25, 0.3) is 10.9 Å².